The maximum absolute atomic E-state index is 5.10. The molecule has 0 aromatic heterocycles. The Morgan fingerprint density at radius 3 is 2.83 bits per heavy atom. The Labute approximate surface area is 38.3 Å². The Morgan fingerprint density at radius 2 is 2.67 bits per heavy atom. The molecule has 0 aromatic carbocycles. The highest BCUT2D eigenvalue weighted by Gasteiger charge is 2.21. The van der Waals surface area contributed by atoms with Crippen LogP contribution in [0.15, 0.2) is 0 Å². The summed E-state index contributed by atoms with van der Waals surface area (Å²) in [7, 11) is 0. The van der Waals surface area contributed by atoms with Gasteiger partial charge in [0.1, 0.15) is 0 Å². The molecule has 0 unspecified atom stereocenters. The summed E-state index contributed by atoms with van der Waals surface area (Å²) in [6.07, 6.45) is 3.85. The van der Waals surface area contributed by atoms with E-state index in [2.05, 4.69) is 6.42 Å². The first-order valence-electron chi connectivity index (χ1n) is 2.38. The first-order valence-corrected chi connectivity index (χ1v) is 2.38. The minimum atomic E-state index is 0.523. The Balaban J connectivity index is 1.88. The van der Waals surface area contributed by atoms with Crippen LogP contribution in [-0.2, 0) is 4.74 Å². The van der Waals surface area contributed by atoms with Gasteiger partial charge in [-0.3, -0.25) is 0 Å². The number of ether oxygens (including phenoxy) is 1. The number of hydrogen-bond acceptors (Lipinski definition) is 1. The van der Waals surface area contributed by atoms with Crippen LogP contribution < -0.4 is 0 Å². The quantitative estimate of drug-likeness (QED) is 0.486. The van der Waals surface area contributed by atoms with Gasteiger partial charge in [-0.1, -0.05) is 0 Å². The number of hydrogen-bond donors (Lipinski definition) is 0. The van der Waals surface area contributed by atoms with E-state index in [9.17, 15) is 0 Å². The van der Waals surface area contributed by atoms with E-state index in [0.717, 1.165) is 6.61 Å². The summed E-state index contributed by atoms with van der Waals surface area (Å²) >= 11 is 0. The molecular weight excluding hydrogens is 76.1 g/mol. The molecule has 1 nitrogen and oxygen atoms in total. The van der Waals surface area contributed by atoms with Gasteiger partial charge in [0, 0.05) is 6.61 Å². The molecule has 0 amide bonds. The monoisotopic (exact) mass is 85.1 g/mol. The van der Waals surface area contributed by atoms with Crippen molar-refractivity contribution in [1.82, 2.24) is 0 Å². The Bertz CT molecular complexity index is 39.2. The van der Waals surface area contributed by atoms with E-state index in [1.165, 1.54) is 6.42 Å². The van der Waals surface area contributed by atoms with Gasteiger partial charge in [0.2, 0.25) is 0 Å². The third-order valence-corrected chi connectivity index (χ3v) is 0.809. The van der Waals surface area contributed by atoms with Crippen LogP contribution in [0.5, 0.6) is 0 Å². The number of rotatable bonds is 2. The summed E-state index contributed by atoms with van der Waals surface area (Å²) in [6.45, 7) is 2.88. The van der Waals surface area contributed by atoms with Gasteiger partial charge in [-0.2, -0.15) is 0 Å². The minimum absolute atomic E-state index is 0.523. The summed E-state index contributed by atoms with van der Waals surface area (Å²) in [5.41, 5.74) is 0. The second kappa shape index (κ2) is 1.61. The third kappa shape index (κ3) is 0.977. The minimum Gasteiger partial charge on any atom is -0.378 e. The first-order chi connectivity index (χ1) is 2.93. The molecule has 1 aliphatic carbocycles. The van der Waals surface area contributed by atoms with Gasteiger partial charge in [0.05, 0.1) is 6.10 Å². The highest BCUT2D eigenvalue weighted by Crippen LogP contribution is 2.20. The molecule has 0 aromatic rings. The highest BCUT2D eigenvalue weighted by atomic mass is 16.5. The van der Waals surface area contributed by atoms with Crippen molar-refractivity contribution in [2.45, 2.75) is 19.4 Å². The van der Waals surface area contributed by atoms with Crippen molar-refractivity contribution in [3.63, 3.8) is 0 Å². The maximum atomic E-state index is 5.10. The average molecular weight is 85.1 g/mol. The lowest BCUT2D eigenvalue weighted by Gasteiger charge is -1.89. The van der Waals surface area contributed by atoms with Gasteiger partial charge in [-0.25, -0.2) is 0 Å². The predicted octanol–water partition coefficient (Wildman–Crippen LogP) is 0.999. The summed E-state index contributed by atoms with van der Waals surface area (Å²) in [5, 5.41) is 0. The van der Waals surface area contributed by atoms with E-state index < -0.39 is 0 Å². The van der Waals surface area contributed by atoms with Crippen LogP contribution in [0.2, 0.25) is 0 Å². The molecule has 1 aliphatic rings. The Kier molecular flexibility index (Phi) is 1.10. The molecule has 1 radical (unpaired) electrons. The molecule has 0 N–H and O–H groups in total. The topological polar surface area (TPSA) is 9.23 Å². The molecule has 0 aliphatic heterocycles. The molecule has 0 bridgehead atoms. The molecule has 1 atom stereocenters. The van der Waals surface area contributed by atoms with Gasteiger partial charge < -0.3 is 4.74 Å². The van der Waals surface area contributed by atoms with Crippen LogP contribution in [0.4, 0.5) is 0 Å². The van der Waals surface area contributed by atoms with Crippen molar-refractivity contribution in [1.29, 1.82) is 0 Å². The zero-order valence-corrected chi connectivity index (χ0v) is 3.98. The highest BCUT2D eigenvalue weighted by molar-refractivity contribution is 4.96. The Morgan fingerprint density at radius 1 is 2.00 bits per heavy atom. The lowest BCUT2D eigenvalue weighted by atomic mass is 10.8. The molecule has 35 valence electrons. The lowest BCUT2D eigenvalue weighted by Crippen LogP contribution is -1.89. The summed E-state index contributed by atoms with van der Waals surface area (Å²) in [6, 6.07) is 0. The SMILES string of the molecule is CCO[C@@H]1[CH]C1. The standard InChI is InChI=1S/C5H9O/c1-2-6-5-3-4-5/h3,5H,2,4H2,1H3/t5-/m1/s1. The van der Waals surface area contributed by atoms with Crippen LogP contribution in [-0.4, -0.2) is 12.7 Å². The largest absolute Gasteiger partial charge is 0.378 e. The van der Waals surface area contributed by atoms with Crippen molar-refractivity contribution in [3.8, 4) is 0 Å². The van der Waals surface area contributed by atoms with E-state index in [0.29, 0.717) is 6.10 Å². The molecule has 0 spiro atoms. The normalized spacial score (nSPS) is 21.5. The molecule has 1 rings (SSSR count). The van der Waals surface area contributed by atoms with Crippen molar-refractivity contribution < 1.29 is 4.74 Å². The van der Waals surface area contributed by atoms with Crippen molar-refractivity contribution in [2.24, 2.45) is 0 Å². The fourth-order valence-corrected chi connectivity index (χ4v) is 0.406. The van der Waals surface area contributed by atoms with Crippen molar-refractivity contribution in [2.75, 3.05) is 6.61 Å². The van der Waals surface area contributed by atoms with Crippen LogP contribution in [0.1, 0.15) is 13.3 Å². The van der Waals surface area contributed by atoms with Crippen molar-refractivity contribution in [3.05, 3.63) is 6.42 Å². The molecule has 0 saturated heterocycles. The molecule has 1 heteroatoms. The second-order valence-electron chi connectivity index (χ2n) is 1.47. The first kappa shape index (κ1) is 4.13. The fraction of sp³-hybridized carbons (Fsp3) is 0.800. The second-order valence-corrected chi connectivity index (χ2v) is 1.47. The third-order valence-electron chi connectivity index (χ3n) is 0.809. The van der Waals surface area contributed by atoms with Crippen LogP contribution in [0, 0.1) is 6.42 Å². The molecular formula is C5H9O. The van der Waals surface area contributed by atoms with E-state index in [1.807, 2.05) is 6.92 Å². The predicted molar refractivity (Wildman–Crippen MR) is 24.3 cm³/mol. The maximum Gasteiger partial charge on any atom is 0.0611 e. The van der Waals surface area contributed by atoms with Crippen LogP contribution >= 0.6 is 0 Å². The summed E-state index contributed by atoms with van der Waals surface area (Å²) in [5.74, 6) is 0. The molecule has 0 heterocycles. The molecule has 6 heavy (non-hydrogen) atoms. The van der Waals surface area contributed by atoms with E-state index in [-0.39, 0.29) is 0 Å². The summed E-state index contributed by atoms with van der Waals surface area (Å²) < 4.78 is 5.10. The molecule has 1 fully saturated rings. The lowest BCUT2D eigenvalue weighted by molar-refractivity contribution is 0.140. The van der Waals surface area contributed by atoms with E-state index in [4.69, 9.17) is 4.74 Å². The van der Waals surface area contributed by atoms with Crippen LogP contribution in [0.25, 0.3) is 0 Å². The van der Waals surface area contributed by atoms with Gasteiger partial charge in [-0.15, -0.1) is 0 Å². The Hall–Kier alpha value is -0.0400. The smallest absolute Gasteiger partial charge is 0.0611 e. The molecule has 1 saturated carbocycles. The van der Waals surface area contributed by atoms with Crippen LogP contribution in [0.3, 0.4) is 0 Å². The van der Waals surface area contributed by atoms with Gasteiger partial charge in [-0.05, 0) is 19.8 Å². The van der Waals surface area contributed by atoms with E-state index >= 15 is 0 Å². The summed E-state index contributed by atoms with van der Waals surface area (Å²) in [4.78, 5) is 0. The zero-order chi connectivity index (χ0) is 4.41. The van der Waals surface area contributed by atoms with E-state index in [1.54, 1.807) is 0 Å². The zero-order valence-electron chi connectivity index (χ0n) is 3.98. The van der Waals surface area contributed by atoms with Gasteiger partial charge in [0.25, 0.3) is 0 Å². The van der Waals surface area contributed by atoms with Gasteiger partial charge in [0.15, 0.2) is 0 Å². The van der Waals surface area contributed by atoms with Gasteiger partial charge >= 0.3 is 0 Å². The van der Waals surface area contributed by atoms with Crippen molar-refractivity contribution >= 4 is 0 Å². The average Bonchev–Trinajstić information content (AvgIpc) is 2.21. The fourth-order valence-electron chi connectivity index (χ4n) is 0.406.